The zero-order valence-electron chi connectivity index (χ0n) is 8.94. The van der Waals surface area contributed by atoms with Gasteiger partial charge < -0.3 is 0 Å². The molecule has 1 atom stereocenters. The molecule has 4 heteroatoms. The Morgan fingerprint density at radius 2 is 2.38 bits per heavy atom. The highest BCUT2D eigenvalue weighted by atomic mass is 16.2. The molecular formula is C12H13N3O. The smallest absolute Gasteiger partial charge is 0.229 e. The molecule has 1 aromatic rings. The van der Waals surface area contributed by atoms with Crippen molar-refractivity contribution in [2.24, 2.45) is 5.92 Å². The SMILES string of the molecule is C#CC1CC(=O)N(c2cc(C3CC3)[nH]n2)C1. The number of carbonyl (C=O) groups is 1. The molecule has 2 heterocycles. The monoisotopic (exact) mass is 215 g/mol. The molecule has 1 amide bonds. The zero-order chi connectivity index (χ0) is 11.1. The van der Waals surface area contributed by atoms with Crippen molar-refractivity contribution in [1.82, 2.24) is 10.2 Å². The van der Waals surface area contributed by atoms with E-state index in [4.69, 9.17) is 6.42 Å². The van der Waals surface area contributed by atoms with Gasteiger partial charge in [-0.2, -0.15) is 5.10 Å². The summed E-state index contributed by atoms with van der Waals surface area (Å²) in [4.78, 5) is 13.4. The number of hydrogen-bond acceptors (Lipinski definition) is 2. The Morgan fingerprint density at radius 1 is 1.56 bits per heavy atom. The van der Waals surface area contributed by atoms with Crippen LogP contribution in [0.15, 0.2) is 6.07 Å². The first-order valence-electron chi connectivity index (χ1n) is 5.59. The molecule has 2 aliphatic rings. The molecule has 0 spiro atoms. The van der Waals surface area contributed by atoms with E-state index in [1.165, 1.54) is 12.8 Å². The third kappa shape index (κ3) is 1.49. The second-order valence-corrected chi connectivity index (χ2v) is 4.53. The fraction of sp³-hybridized carbons (Fsp3) is 0.500. The average Bonchev–Trinajstić information content (AvgIpc) is 2.89. The van der Waals surface area contributed by atoms with Gasteiger partial charge in [0.2, 0.25) is 5.91 Å². The third-order valence-corrected chi connectivity index (χ3v) is 3.24. The van der Waals surface area contributed by atoms with E-state index in [1.54, 1.807) is 4.90 Å². The fourth-order valence-electron chi connectivity index (χ4n) is 2.11. The second-order valence-electron chi connectivity index (χ2n) is 4.53. The van der Waals surface area contributed by atoms with Crippen LogP contribution in [0.25, 0.3) is 0 Å². The van der Waals surface area contributed by atoms with Crippen LogP contribution in [0.1, 0.15) is 30.9 Å². The van der Waals surface area contributed by atoms with Crippen molar-refractivity contribution in [2.75, 3.05) is 11.4 Å². The van der Waals surface area contributed by atoms with Crippen LogP contribution in [0.2, 0.25) is 0 Å². The zero-order valence-corrected chi connectivity index (χ0v) is 8.94. The second kappa shape index (κ2) is 3.38. The van der Waals surface area contributed by atoms with E-state index in [9.17, 15) is 4.79 Å². The summed E-state index contributed by atoms with van der Waals surface area (Å²) < 4.78 is 0. The Labute approximate surface area is 94.0 Å². The normalized spacial score (nSPS) is 24.8. The number of terminal acetylenes is 1. The van der Waals surface area contributed by atoms with Crippen molar-refractivity contribution in [3.8, 4) is 12.3 Å². The van der Waals surface area contributed by atoms with Gasteiger partial charge in [-0.25, -0.2) is 0 Å². The number of amides is 1. The van der Waals surface area contributed by atoms with Gasteiger partial charge in [-0.05, 0) is 12.8 Å². The molecule has 0 aromatic carbocycles. The summed E-state index contributed by atoms with van der Waals surface area (Å²) in [5, 5.41) is 7.19. The van der Waals surface area contributed by atoms with Crippen LogP contribution >= 0.6 is 0 Å². The summed E-state index contributed by atoms with van der Waals surface area (Å²) in [6.07, 6.45) is 8.24. The van der Waals surface area contributed by atoms with Crippen molar-refractivity contribution in [3.05, 3.63) is 11.8 Å². The summed E-state index contributed by atoms with van der Waals surface area (Å²) in [7, 11) is 0. The summed E-state index contributed by atoms with van der Waals surface area (Å²) in [6.45, 7) is 0.601. The highest BCUT2D eigenvalue weighted by Crippen LogP contribution is 2.40. The van der Waals surface area contributed by atoms with Crippen LogP contribution in [0, 0.1) is 18.3 Å². The minimum atomic E-state index is 0.0357. The Morgan fingerprint density at radius 3 is 3.00 bits per heavy atom. The number of rotatable bonds is 2. The van der Waals surface area contributed by atoms with E-state index in [2.05, 4.69) is 16.1 Å². The lowest BCUT2D eigenvalue weighted by Crippen LogP contribution is -2.24. The van der Waals surface area contributed by atoms with Gasteiger partial charge in [0.05, 0.1) is 0 Å². The molecule has 4 nitrogen and oxygen atoms in total. The molecule has 16 heavy (non-hydrogen) atoms. The van der Waals surface area contributed by atoms with Gasteiger partial charge in [0.15, 0.2) is 5.82 Å². The predicted octanol–water partition coefficient (Wildman–Crippen LogP) is 1.27. The summed E-state index contributed by atoms with van der Waals surface area (Å²) in [5.41, 5.74) is 1.15. The molecule has 1 saturated heterocycles. The van der Waals surface area contributed by atoms with Crippen LogP contribution in [0.3, 0.4) is 0 Å². The predicted molar refractivity (Wildman–Crippen MR) is 59.9 cm³/mol. The molecule has 1 unspecified atom stereocenters. The lowest BCUT2D eigenvalue weighted by atomic mass is 10.1. The molecule has 82 valence electrons. The van der Waals surface area contributed by atoms with Gasteiger partial charge in [0, 0.05) is 36.6 Å². The van der Waals surface area contributed by atoms with Crippen LogP contribution in [0.4, 0.5) is 5.82 Å². The minimum absolute atomic E-state index is 0.0357. The maximum Gasteiger partial charge on any atom is 0.229 e. The van der Waals surface area contributed by atoms with Gasteiger partial charge in [0.25, 0.3) is 0 Å². The minimum Gasteiger partial charge on any atom is -0.294 e. The lowest BCUT2D eigenvalue weighted by Gasteiger charge is -2.11. The Hall–Kier alpha value is -1.76. The van der Waals surface area contributed by atoms with E-state index in [0.717, 1.165) is 11.5 Å². The molecule has 0 radical (unpaired) electrons. The van der Waals surface area contributed by atoms with E-state index in [0.29, 0.717) is 18.9 Å². The molecule has 1 aromatic heterocycles. The van der Waals surface area contributed by atoms with Gasteiger partial charge in [-0.1, -0.05) is 0 Å². The van der Waals surface area contributed by atoms with E-state index < -0.39 is 0 Å². The molecule has 1 aliphatic heterocycles. The van der Waals surface area contributed by atoms with Crippen molar-refractivity contribution in [3.63, 3.8) is 0 Å². The highest BCUT2D eigenvalue weighted by Gasteiger charge is 2.32. The largest absolute Gasteiger partial charge is 0.294 e. The van der Waals surface area contributed by atoms with Gasteiger partial charge >= 0.3 is 0 Å². The molecular weight excluding hydrogens is 202 g/mol. The number of aromatic nitrogens is 2. The molecule has 3 rings (SSSR count). The number of nitrogens with zero attached hydrogens (tertiary/aromatic N) is 2. The fourth-order valence-corrected chi connectivity index (χ4v) is 2.11. The van der Waals surface area contributed by atoms with E-state index >= 15 is 0 Å². The number of aromatic amines is 1. The number of hydrogen-bond donors (Lipinski definition) is 1. The van der Waals surface area contributed by atoms with Crippen LogP contribution in [-0.2, 0) is 4.79 Å². The lowest BCUT2D eigenvalue weighted by molar-refractivity contribution is -0.117. The van der Waals surface area contributed by atoms with Crippen LogP contribution < -0.4 is 4.90 Å². The number of anilines is 1. The maximum absolute atomic E-state index is 11.7. The van der Waals surface area contributed by atoms with Crippen molar-refractivity contribution >= 4 is 11.7 Å². The van der Waals surface area contributed by atoms with Gasteiger partial charge in [0.1, 0.15) is 0 Å². The Kier molecular flexibility index (Phi) is 2.00. The number of nitrogens with one attached hydrogen (secondary N) is 1. The summed E-state index contributed by atoms with van der Waals surface area (Å²) in [6, 6.07) is 1.98. The summed E-state index contributed by atoms with van der Waals surface area (Å²) in [5.74, 6) is 4.11. The standard InChI is InChI=1S/C12H13N3O/c1-2-8-5-12(16)15(7-8)11-6-10(13-14-11)9-3-4-9/h1,6,8-9H,3-5,7H2,(H,13,14). The first-order valence-corrected chi connectivity index (χ1v) is 5.59. The third-order valence-electron chi connectivity index (χ3n) is 3.24. The maximum atomic E-state index is 11.7. The number of H-pyrrole nitrogens is 1. The van der Waals surface area contributed by atoms with Gasteiger partial charge in [-0.3, -0.25) is 14.8 Å². The van der Waals surface area contributed by atoms with Crippen molar-refractivity contribution in [1.29, 1.82) is 0 Å². The van der Waals surface area contributed by atoms with Crippen LogP contribution in [0.5, 0.6) is 0 Å². The Balaban J connectivity index is 1.81. The summed E-state index contributed by atoms with van der Waals surface area (Å²) >= 11 is 0. The van der Waals surface area contributed by atoms with Crippen molar-refractivity contribution in [2.45, 2.75) is 25.2 Å². The molecule has 1 aliphatic carbocycles. The molecule has 1 N–H and O–H groups in total. The van der Waals surface area contributed by atoms with Gasteiger partial charge in [-0.15, -0.1) is 12.3 Å². The number of carbonyl (C=O) groups excluding carboxylic acids is 1. The first kappa shape index (κ1) is 9.46. The highest BCUT2D eigenvalue weighted by molar-refractivity contribution is 5.95. The van der Waals surface area contributed by atoms with E-state index in [-0.39, 0.29) is 11.8 Å². The van der Waals surface area contributed by atoms with E-state index in [1.807, 2.05) is 6.07 Å². The Bertz CT molecular complexity index is 467. The average molecular weight is 215 g/mol. The molecule has 2 fully saturated rings. The topological polar surface area (TPSA) is 49.0 Å². The van der Waals surface area contributed by atoms with Crippen LogP contribution in [-0.4, -0.2) is 22.6 Å². The quantitative estimate of drug-likeness (QED) is 0.755. The first-order chi connectivity index (χ1) is 7.78. The molecule has 1 saturated carbocycles. The van der Waals surface area contributed by atoms with Crippen molar-refractivity contribution < 1.29 is 4.79 Å². The molecule has 0 bridgehead atoms.